The molecule has 6 heteroatoms. The number of benzene rings is 2. The van der Waals surface area contributed by atoms with Crippen LogP contribution in [0.3, 0.4) is 0 Å². The maximum Gasteiger partial charge on any atom is 0.151 e. The van der Waals surface area contributed by atoms with Crippen LogP contribution in [0.2, 0.25) is 0 Å². The summed E-state index contributed by atoms with van der Waals surface area (Å²) in [4.78, 5) is 4.31. The van der Waals surface area contributed by atoms with Gasteiger partial charge in [-0.25, -0.2) is 10.8 Å². The quantitative estimate of drug-likeness (QED) is 0.259. The molecular formula is C16H19N3O3. The van der Waals surface area contributed by atoms with Crippen molar-refractivity contribution in [3.05, 3.63) is 47.5 Å². The van der Waals surface area contributed by atoms with Crippen molar-refractivity contribution in [3.63, 3.8) is 0 Å². The van der Waals surface area contributed by atoms with Gasteiger partial charge in [0.25, 0.3) is 0 Å². The predicted molar refractivity (Wildman–Crippen MR) is 85.5 cm³/mol. The van der Waals surface area contributed by atoms with Crippen molar-refractivity contribution in [2.45, 2.75) is 19.8 Å². The summed E-state index contributed by atoms with van der Waals surface area (Å²) in [6.45, 7) is 3.87. The first kappa shape index (κ1) is 15.7. The van der Waals surface area contributed by atoms with Gasteiger partial charge in [0.2, 0.25) is 0 Å². The van der Waals surface area contributed by atoms with Crippen molar-refractivity contribution in [1.82, 2.24) is 5.43 Å². The first-order chi connectivity index (χ1) is 10.4. The van der Waals surface area contributed by atoms with E-state index in [9.17, 15) is 15.3 Å². The van der Waals surface area contributed by atoms with Crippen molar-refractivity contribution in [2.24, 2.45) is 10.8 Å². The summed E-state index contributed by atoms with van der Waals surface area (Å²) in [7, 11) is 0. The molecule has 2 aromatic rings. The molecule has 2 rings (SSSR count). The van der Waals surface area contributed by atoms with Crippen LogP contribution in [0.15, 0.2) is 41.4 Å². The molecule has 6 N–H and O–H groups in total. The normalized spacial score (nSPS) is 11.7. The van der Waals surface area contributed by atoms with Crippen LogP contribution in [0.5, 0.6) is 17.2 Å². The largest absolute Gasteiger partial charge is 0.508 e. The molecule has 0 aliphatic rings. The minimum atomic E-state index is -0.127. The van der Waals surface area contributed by atoms with E-state index in [4.69, 9.17) is 5.84 Å². The van der Waals surface area contributed by atoms with Gasteiger partial charge in [-0.2, -0.15) is 0 Å². The van der Waals surface area contributed by atoms with Crippen LogP contribution in [0.25, 0.3) is 0 Å². The highest BCUT2D eigenvalue weighted by atomic mass is 16.3. The van der Waals surface area contributed by atoms with Crippen LogP contribution in [-0.4, -0.2) is 21.2 Å². The van der Waals surface area contributed by atoms with Crippen molar-refractivity contribution in [3.8, 4) is 17.2 Å². The second kappa shape index (κ2) is 6.36. The maximum absolute atomic E-state index is 10.0. The molecule has 0 radical (unpaired) electrons. The highest BCUT2D eigenvalue weighted by Gasteiger charge is 2.15. The summed E-state index contributed by atoms with van der Waals surface area (Å²) in [6, 6.07) is 9.16. The van der Waals surface area contributed by atoms with Crippen LogP contribution < -0.4 is 11.3 Å². The third kappa shape index (κ3) is 3.29. The SMILES string of the molecule is CC(C)c1cc(C(=Nc2ccc(O)cc2)NN)c(O)cc1O. The van der Waals surface area contributed by atoms with Crippen LogP contribution in [-0.2, 0) is 0 Å². The highest BCUT2D eigenvalue weighted by Crippen LogP contribution is 2.32. The Morgan fingerprint density at radius 3 is 2.23 bits per heavy atom. The van der Waals surface area contributed by atoms with Gasteiger partial charge in [0.1, 0.15) is 17.2 Å². The van der Waals surface area contributed by atoms with Crippen molar-refractivity contribution >= 4 is 11.5 Å². The van der Waals surface area contributed by atoms with E-state index in [0.717, 1.165) is 0 Å². The number of hydrazine groups is 1. The lowest BCUT2D eigenvalue weighted by molar-refractivity contribution is 0.443. The van der Waals surface area contributed by atoms with E-state index in [1.165, 1.54) is 18.2 Å². The lowest BCUT2D eigenvalue weighted by Gasteiger charge is -2.14. The Balaban J connectivity index is 2.51. The Morgan fingerprint density at radius 2 is 1.68 bits per heavy atom. The van der Waals surface area contributed by atoms with Crippen molar-refractivity contribution in [1.29, 1.82) is 0 Å². The van der Waals surface area contributed by atoms with Crippen molar-refractivity contribution < 1.29 is 15.3 Å². The maximum atomic E-state index is 10.0. The Kier molecular flexibility index (Phi) is 4.53. The molecular weight excluding hydrogens is 282 g/mol. The number of phenols is 3. The summed E-state index contributed by atoms with van der Waals surface area (Å²) >= 11 is 0. The number of nitrogens with zero attached hydrogens (tertiary/aromatic N) is 1. The monoisotopic (exact) mass is 301 g/mol. The van der Waals surface area contributed by atoms with Crippen LogP contribution in [0.4, 0.5) is 5.69 Å². The number of phenolic OH excluding ortho intramolecular Hbond substituents is 3. The van der Waals surface area contributed by atoms with Gasteiger partial charge in [-0.3, -0.25) is 0 Å². The van der Waals surface area contributed by atoms with Crippen LogP contribution >= 0.6 is 0 Å². The number of amidine groups is 1. The Labute approximate surface area is 128 Å². The summed E-state index contributed by atoms with van der Waals surface area (Å²) < 4.78 is 0. The van der Waals surface area contributed by atoms with Gasteiger partial charge >= 0.3 is 0 Å². The minimum absolute atomic E-state index is 0.0252. The number of aromatic hydroxyl groups is 3. The third-order valence-electron chi connectivity index (χ3n) is 3.25. The Bertz CT molecular complexity index is 695. The van der Waals surface area contributed by atoms with Crippen molar-refractivity contribution in [2.75, 3.05) is 0 Å². The molecule has 0 aliphatic heterocycles. The van der Waals surface area contributed by atoms with Gasteiger partial charge in [-0.15, -0.1) is 0 Å². The van der Waals surface area contributed by atoms with Gasteiger partial charge in [0.15, 0.2) is 5.84 Å². The number of nitrogens with one attached hydrogen (secondary N) is 1. The first-order valence-electron chi connectivity index (χ1n) is 6.83. The van der Waals surface area contributed by atoms with Gasteiger partial charge in [-0.1, -0.05) is 13.8 Å². The first-order valence-corrected chi connectivity index (χ1v) is 6.83. The molecule has 0 spiro atoms. The zero-order valence-electron chi connectivity index (χ0n) is 12.4. The van der Waals surface area contributed by atoms with Gasteiger partial charge < -0.3 is 20.7 Å². The second-order valence-corrected chi connectivity index (χ2v) is 5.20. The predicted octanol–water partition coefficient (Wildman–Crippen LogP) is 2.47. The van der Waals surface area contributed by atoms with Crippen LogP contribution in [0.1, 0.15) is 30.9 Å². The zero-order valence-corrected chi connectivity index (χ0v) is 12.4. The summed E-state index contributed by atoms with van der Waals surface area (Å²) in [5.74, 6) is 5.88. The molecule has 0 fully saturated rings. The molecule has 0 atom stereocenters. The summed E-state index contributed by atoms with van der Waals surface area (Å²) in [5, 5.41) is 29.2. The fourth-order valence-corrected chi connectivity index (χ4v) is 2.07. The molecule has 0 heterocycles. The molecule has 6 nitrogen and oxygen atoms in total. The molecule has 22 heavy (non-hydrogen) atoms. The number of nitrogens with two attached hydrogens (primary N) is 1. The number of hydrogen-bond acceptors (Lipinski definition) is 5. The number of hydrogen-bond donors (Lipinski definition) is 5. The second-order valence-electron chi connectivity index (χ2n) is 5.20. The van der Waals surface area contributed by atoms with E-state index in [2.05, 4.69) is 10.4 Å². The zero-order chi connectivity index (χ0) is 16.3. The Morgan fingerprint density at radius 1 is 1.05 bits per heavy atom. The highest BCUT2D eigenvalue weighted by molar-refractivity contribution is 6.02. The molecule has 0 saturated heterocycles. The van der Waals surface area contributed by atoms with E-state index in [1.54, 1.807) is 18.2 Å². The molecule has 0 aliphatic carbocycles. The third-order valence-corrected chi connectivity index (χ3v) is 3.25. The fourth-order valence-electron chi connectivity index (χ4n) is 2.07. The lowest BCUT2D eigenvalue weighted by atomic mass is 9.98. The molecule has 0 bridgehead atoms. The number of rotatable bonds is 3. The number of aliphatic imine (C=N–C) groups is 1. The standard InChI is InChI=1S/C16H19N3O3/c1-9(2)12-7-13(15(22)8-14(12)21)16(19-17)18-10-3-5-11(20)6-4-10/h3-9,20-22H,17H2,1-2H3,(H,18,19). The molecule has 0 aromatic heterocycles. The fraction of sp³-hybridized carbons (Fsp3) is 0.188. The van der Waals surface area contributed by atoms with E-state index >= 15 is 0 Å². The smallest absolute Gasteiger partial charge is 0.151 e. The average Bonchev–Trinajstić information content (AvgIpc) is 2.47. The summed E-state index contributed by atoms with van der Waals surface area (Å²) in [5.41, 5.74) is 4.08. The topological polar surface area (TPSA) is 111 Å². The van der Waals surface area contributed by atoms with Gasteiger partial charge in [0, 0.05) is 6.07 Å². The van der Waals surface area contributed by atoms with E-state index in [-0.39, 0.29) is 29.0 Å². The van der Waals surface area contributed by atoms with Crippen LogP contribution in [0, 0.1) is 0 Å². The van der Waals surface area contributed by atoms with E-state index < -0.39 is 0 Å². The van der Waals surface area contributed by atoms with Gasteiger partial charge in [0.05, 0.1) is 11.3 Å². The molecule has 0 amide bonds. The molecule has 0 unspecified atom stereocenters. The summed E-state index contributed by atoms with van der Waals surface area (Å²) in [6.07, 6.45) is 0. The lowest BCUT2D eigenvalue weighted by Crippen LogP contribution is -2.31. The molecule has 2 aromatic carbocycles. The van der Waals surface area contributed by atoms with E-state index in [0.29, 0.717) is 16.8 Å². The van der Waals surface area contributed by atoms with E-state index in [1.807, 2.05) is 13.8 Å². The minimum Gasteiger partial charge on any atom is -0.508 e. The Hall–Kier alpha value is -2.73. The van der Waals surface area contributed by atoms with Gasteiger partial charge in [-0.05, 0) is 41.8 Å². The molecule has 116 valence electrons. The molecule has 0 saturated carbocycles. The average molecular weight is 301 g/mol.